The van der Waals surface area contributed by atoms with E-state index in [0.29, 0.717) is 10.6 Å². The molecule has 0 saturated carbocycles. The Hall–Kier alpha value is -2.42. The van der Waals surface area contributed by atoms with Crippen molar-refractivity contribution >= 4 is 17.4 Å². The highest BCUT2D eigenvalue weighted by atomic mass is 35.5. The van der Waals surface area contributed by atoms with Crippen molar-refractivity contribution in [2.45, 2.75) is 12.2 Å². The Morgan fingerprint density at radius 2 is 1.42 bits per heavy atom. The van der Waals surface area contributed by atoms with E-state index < -0.39 is 6.10 Å². The third-order valence-electron chi connectivity index (χ3n) is 4.24. The monoisotopic (exact) mass is 334 g/mol. The molecule has 0 radical (unpaired) electrons. The fraction of sp³-hybridized carbons (Fsp3) is 0.0952. The number of hydrogen-bond acceptors (Lipinski definition) is 2. The van der Waals surface area contributed by atoms with Gasteiger partial charge in [0.1, 0.15) is 6.10 Å². The lowest BCUT2D eigenvalue weighted by atomic mass is 9.99. The van der Waals surface area contributed by atoms with Crippen LogP contribution in [0.15, 0.2) is 78.9 Å². The van der Waals surface area contributed by atoms with Crippen LogP contribution in [0.25, 0.3) is 11.1 Å². The van der Waals surface area contributed by atoms with Crippen molar-refractivity contribution in [1.82, 2.24) is 0 Å². The number of ether oxygens (including phenoxy) is 1. The number of carbonyl (C=O) groups is 1. The number of hydrogen-bond donors (Lipinski definition) is 0. The van der Waals surface area contributed by atoms with Crippen molar-refractivity contribution in [2.75, 3.05) is 0 Å². The van der Waals surface area contributed by atoms with Crippen LogP contribution in [-0.2, 0) is 4.74 Å². The summed E-state index contributed by atoms with van der Waals surface area (Å²) in [6.07, 6.45) is -0.674. The summed E-state index contributed by atoms with van der Waals surface area (Å²) >= 11 is 6.17. The van der Waals surface area contributed by atoms with Gasteiger partial charge >= 0.3 is 0 Å². The summed E-state index contributed by atoms with van der Waals surface area (Å²) in [5, 5.41) is 0.636. The lowest BCUT2D eigenvalue weighted by molar-refractivity contribution is 0.0953. The Bertz CT molecular complexity index is 872. The van der Waals surface area contributed by atoms with Gasteiger partial charge in [0.2, 0.25) is 0 Å². The molecule has 2 atom stereocenters. The summed E-state index contributed by atoms with van der Waals surface area (Å²) < 4.78 is 5.58. The second kappa shape index (κ2) is 6.23. The van der Waals surface area contributed by atoms with Gasteiger partial charge in [0, 0.05) is 16.1 Å². The molecule has 0 bridgehead atoms. The van der Waals surface area contributed by atoms with Crippen molar-refractivity contribution in [3.8, 4) is 11.1 Å². The van der Waals surface area contributed by atoms with Crippen LogP contribution in [0.4, 0.5) is 0 Å². The van der Waals surface area contributed by atoms with Crippen LogP contribution in [0, 0.1) is 0 Å². The second-order valence-electron chi connectivity index (χ2n) is 5.81. The summed E-state index contributed by atoms with van der Waals surface area (Å²) in [5.74, 6) is -0.000434. The summed E-state index contributed by atoms with van der Waals surface area (Å²) in [5.41, 5.74) is 3.76. The Labute approximate surface area is 145 Å². The molecule has 1 heterocycles. The molecule has 3 heteroatoms. The molecule has 1 fully saturated rings. The van der Waals surface area contributed by atoms with Crippen LogP contribution >= 0.6 is 11.6 Å². The normalized spacial score (nSPS) is 19.0. The average Bonchev–Trinajstić information content (AvgIpc) is 3.43. The first kappa shape index (κ1) is 15.1. The molecule has 0 spiro atoms. The number of ketones is 1. The van der Waals surface area contributed by atoms with Gasteiger partial charge in [-0.25, -0.2) is 0 Å². The highest BCUT2D eigenvalue weighted by Gasteiger charge is 2.46. The van der Waals surface area contributed by atoms with Gasteiger partial charge in [0.15, 0.2) is 11.9 Å². The molecule has 3 aromatic carbocycles. The van der Waals surface area contributed by atoms with E-state index in [0.717, 1.165) is 16.7 Å². The SMILES string of the molecule is O=C(c1ccc(-c2ccccc2)cc1)[C@@H]1O[C@H]1c1ccccc1Cl. The smallest absolute Gasteiger partial charge is 0.194 e. The molecule has 0 amide bonds. The first-order chi connectivity index (χ1) is 11.7. The van der Waals surface area contributed by atoms with Gasteiger partial charge in [0.05, 0.1) is 0 Å². The van der Waals surface area contributed by atoms with Crippen molar-refractivity contribution in [3.63, 3.8) is 0 Å². The minimum Gasteiger partial charge on any atom is -0.356 e. The zero-order chi connectivity index (χ0) is 16.5. The van der Waals surface area contributed by atoms with E-state index in [9.17, 15) is 4.79 Å². The molecule has 0 aliphatic carbocycles. The molecule has 1 aliphatic heterocycles. The summed E-state index contributed by atoms with van der Waals surface area (Å²) in [4.78, 5) is 12.6. The third-order valence-corrected chi connectivity index (χ3v) is 4.58. The third kappa shape index (κ3) is 2.86. The van der Waals surface area contributed by atoms with E-state index in [4.69, 9.17) is 16.3 Å². The molecule has 0 unspecified atom stereocenters. The maximum atomic E-state index is 12.6. The largest absolute Gasteiger partial charge is 0.356 e. The minimum atomic E-state index is -0.438. The molecule has 24 heavy (non-hydrogen) atoms. The molecule has 3 aromatic rings. The zero-order valence-corrected chi connectivity index (χ0v) is 13.6. The number of benzene rings is 3. The minimum absolute atomic E-state index is 0.000434. The van der Waals surface area contributed by atoms with Crippen LogP contribution in [0.3, 0.4) is 0 Å². The van der Waals surface area contributed by atoms with E-state index >= 15 is 0 Å². The number of rotatable bonds is 4. The number of Topliss-reactive ketones (excluding diaryl/α,β-unsaturated/α-hetero) is 1. The van der Waals surface area contributed by atoms with E-state index in [1.165, 1.54) is 0 Å². The first-order valence-corrected chi connectivity index (χ1v) is 8.21. The molecular formula is C21H15ClO2. The van der Waals surface area contributed by atoms with Crippen molar-refractivity contribution in [1.29, 1.82) is 0 Å². The molecule has 118 valence electrons. The van der Waals surface area contributed by atoms with Gasteiger partial charge in [0.25, 0.3) is 0 Å². The molecule has 0 N–H and O–H groups in total. The van der Waals surface area contributed by atoms with E-state index in [-0.39, 0.29) is 11.9 Å². The van der Waals surface area contributed by atoms with Crippen molar-refractivity contribution < 1.29 is 9.53 Å². The van der Waals surface area contributed by atoms with Crippen LogP contribution in [0.2, 0.25) is 5.02 Å². The Morgan fingerprint density at radius 1 is 0.792 bits per heavy atom. The van der Waals surface area contributed by atoms with Crippen LogP contribution in [-0.4, -0.2) is 11.9 Å². The van der Waals surface area contributed by atoms with Crippen molar-refractivity contribution in [3.05, 3.63) is 95.0 Å². The fourth-order valence-electron chi connectivity index (χ4n) is 2.88. The van der Waals surface area contributed by atoms with E-state index in [2.05, 4.69) is 0 Å². The summed E-state index contributed by atoms with van der Waals surface area (Å²) in [6.45, 7) is 0. The number of carbonyl (C=O) groups excluding carboxylic acids is 1. The maximum absolute atomic E-state index is 12.6. The Balaban J connectivity index is 1.51. The molecule has 1 saturated heterocycles. The quantitative estimate of drug-likeness (QED) is 0.476. The lowest BCUT2D eigenvalue weighted by Crippen LogP contribution is -2.08. The van der Waals surface area contributed by atoms with Gasteiger partial charge < -0.3 is 4.74 Å². The Morgan fingerprint density at radius 3 is 2.12 bits per heavy atom. The maximum Gasteiger partial charge on any atom is 0.194 e. The van der Waals surface area contributed by atoms with Gasteiger partial charge in [-0.1, -0.05) is 84.4 Å². The first-order valence-electron chi connectivity index (χ1n) is 7.83. The van der Waals surface area contributed by atoms with E-state index in [1.807, 2.05) is 78.9 Å². The highest BCUT2D eigenvalue weighted by molar-refractivity contribution is 6.31. The van der Waals surface area contributed by atoms with Gasteiger partial charge in [-0.2, -0.15) is 0 Å². The second-order valence-corrected chi connectivity index (χ2v) is 6.21. The Kier molecular flexibility index (Phi) is 3.93. The predicted molar refractivity (Wildman–Crippen MR) is 95.3 cm³/mol. The highest BCUT2D eigenvalue weighted by Crippen LogP contribution is 2.43. The summed E-state index contributed by atoms with van der Waals surface area (Å²) in [7, 11) is 0. The van der Waals surface area contributed by atoms with Crippen molar-refractivity contribution in [2.24, 2.45) is 0 Å². The number of halogens is 1. The molecular weight excluding hydrogens is 320 g/mol. The standard InChI is InChI=1S/C21H15ClO2/c22-18-9-5-4-8-17(18)20-21(24-20)19(23)16-12-10-15(11-13-16)14-6-2-1-3-7-14/h1-13,20-21H/t20-,21-/m0/s1. The molecule has 4 rings (SSSR count). The topological polar surface area (TPSA) is 29.6 Å². The van der Waals surface area contributed by atoms with Crippen LogP contribution in [0.5, 0.6) is 0 Å². The predicted octanol–water partition coefficient (Wildman–Crippen LogP) is 5.33. The van der Waals surface area contributed by atoms with E-state index in [1.54, 1.807) is 0 Å². The lowest BCUT2D eigenvalue weighted by Gasteiger charge is -2.03. The number of epoxide rings is 1. The van der Waals surface area contributed by atoms with Gasteiger partial charge in [-0.3, -0.25) is 4.79 Å². The van der Waals surface area contributed by atoms with Gasteiger partial charge in [-0.05, 0) is 17.2 Å². The molecule has 1 aliphatic rings. The fourth-order valence-corrected chi connectivity index (χ4v) is 3.12. The van der Waals surface area contributed by atoms with Gasteiger partial charge in [-0.15, -0.1) is 0 Å². The average molecular weight is 335 g/mol. The zero-order valence-electron chi connectivity index (χ0n) is 12.9. The molecule has 0 aromatic heterocycles. The van der Waals surface area contributed by atoms with Crippen LogP contribution < -0.4 is 0 Å². The van der Waals surface area contributed by atoms with Crippen LogP contribution in [0.1, 0.15) is 22.0 Å². The molecule has 2 nitrogen and oxygen atoms in total. The summed E-state index contributed by atoms with van der Waals surface area (Å²) in [6, 6.07) is 25.2.